The molecule has 21 heavy (non-hydrogen) atoms. The first kappa shape index (κ1) is 15.0. The van der Waals surface area contributed by atoms with E-state index < -0.39 is 26.2 Å². The lowest BCUT2D eigenvalue weighted by atomic mass is 10.2. The van der Waals surface area contributed by atoms with E-state index in [1.165, 1.54) is 14.0 Å². The van der Waals surface area contributed by atoms with Gasteiger partial charge in [-0.25, -0.2) is 13.2 Å². The van der Waals surface area contributed by atoms with E-state index in [9.17, 15) is 18.0 Å². The molecule has 0 saturated heterocycles. The van der Waals surface area contributed by atoms with E-state index in [-0.39, 0.29) is 5.69 Å². The lowest BCUT2D eigenvalue weighted by molar-refractivity contribution is 0.591. The number of benzene rings is 1. The molecular weight excluding hydrogens is 294 g/mol. The molecule has 0 radical (unpaired) electrons. The summed E-state index contributed by atoms with van der Waals surface area (Å²) in [7, 11) is -2.71. The molecule has 1 aromatic carbocycles. The van der Waals surface area contributed by atoms with E-state index in [1.54, 1.807) is 18.2 Å². The van der Waals surface area contributed by atoms with Crippen LogP contribution in [0.3, 0.4) is 0 Å². The van der Waals surface area contributed by atoms with Crippen molar-refractivity contribution in [3.8, 4) is 0 Å². The van der Waals surface area contributed by atoms with Crippen LogP contribution in [0, 0.1) is 13.8 Å². The normalized spacial score (nSPS) is 11.4. The predicted octanol–water partition coefficient (Wildman–Crippen LogP) is 0.505. The molecule has 8 heteroatoms. The Bertz CT molecular complexity index is 896. The predicted molar refractivity (Wildman–Crippen MR) is 79.2 cm³/mol. The van der Waals surface area contributed by atoms with Gasteiger partial charge in [0.25, 0.3) is 15.6 Å². The number of aryl methyl sites for hydroxylation is 2. The van der Waals surface area contributed by atoms with E-state index in [0.29, 0.717) is 5.69 Å². The number of hydrogen-bond donors (Lipinski definition) is 2. The van der Waals surface area contributed by atoms with Crippen molar-refractivity contribution in [1.29, 1.82) is 0 Å². The monoisotopic (exact) mass is 309 g/mol. The van der Waals surface area contributed by atoms with Gasteiger partial charge in [-0.1, -0.05) is 12.1 Å². The Labute approximate surface area is 121 Å². The van der Waals surface area contributed by atoms with Gasteiger partial charge in [0.05, 0.1) is 5.69 Å². The van der Waals surface area contributed by atoms with Gasteiger partial charge in [0.15, 0.2) is 4.90 Å². The van der Waals surface area contributed by atoms with Gasteiger partial charge in [-0.3, -0.25) is 14.1 Å². The summed E-state index contributed by atoms with van der Waals surface area (Å²) in [6.07, 6.45) is 0. The van der Waals surface area contributed by atoms with Crippen molar-refractivity contribution in [2.24, 2.45) is 0 Å². The van der Waals surface area contributed by atoms with Gasteiger partial charge in [-0.05, 0) is 31.5 Å². The molecule has 1 heterocycles. The van der Waals surface area contributed by atoms with Crippen molar-refractivity contribution >= 4 is 15.7 Å². The lowest BCUT2D eigenvalue weighted by Gasteiger charge is -2.20. The zero-order valence-corrected chi connectivity index (χ0v) is 12.6. The molecule has 7 nitrogen and oxygen atoms in total. The maximum atomic E-state index is 12.6. The van der Waals surface area contributed by atoms with Crippen LogP contribution in [0.25, 0.3) is 0 Å². The molecule has 1 aromatic heterocycles. The van der Waals surface area contributed by atoms with Crippen LogP contribution in [0.15, 0.2) is 38.8 Å². The first-order chi connectivity index (χ1) is 9.73. The average Bonchev–Trinajstić information content (AvgIpc) is 2.36. The van der Waals surface area contributed by atoms with Crippen LogP contribution in [0.5, 0.6) is 0 Å². The summed E-state index contributed by atoms with van der Waals surface area (Å²) in [4.78, 5) is 26.7. The van der Waals surface area contributed by atoms with Gasteiger partial charge in [-0.15, -0.1) is 0 Å². The van der Waals surface area contributed by atoms with E-state index in [4.69, 9.17) is 0 Å². The van der Waals surface area contributed by atoms with Gasteiger partial charge in [-0.2, -0.15) is 0 Å². The molecule has 0 aliphatic rings. The molecule has 0 atom stereocenters. The molecule has 0 saturated carbocycles. The van der Waals surface area contributed by atoms with Crippen LogP contribution in [0.1, 0.15) is 11.3 Å². The minimum atomic E-state index is -4.07. The van der Waals surface area contributed by atoms with E-state index in [0.717, 1.165) is 9.87 Å². The zero-order chi connectivity index (χ0) is 15.8. The Kier molecular flexibility index (Phi) is 3.73. The zero-order valence-electron chi connectivity index (χ0n) is 11.8. The Morgan fingerprint density at radius 2 is 1.76 bits per heavy atom. The molecular formula is C13H15N3O4S. The number of nitrogens with one attached hydrogen (secondary N) is 2. The highest BCUT2D eigenvalue weighted by Gasteiger charge is 2.27. The minimum absolute atomic E-state index is 0.00301. The van der Waals surface area contributed by atoms with Crippen molar-refractivity contribution in [1.82, 2.24) is 9.97 Å². The summed E-state index contributed by atoms with van der Waals surface area (Å²) < 4.78 is 26.2. The van der Waals surface area contributed by atoms with Gasteiger partial charge in [0, 0.05) is 12.7 Å². The molecule has 0 aliphatic carbocycles. The SMILES string of the molecule is Cc1cccc(N(C)S(=O)(=O)c2c(C)[nH]c(=O)[nH]c2=O)c1. The molecule has 0 amide bonds. The Morgan fingerprint density at radius 3 is 2.33 bits per heavy atom. The maximum absolute atomic E-state index is 12.6. The first-order valence-corrected chi connectivity index (χ1v) is 7.56. The van der Waals surface area contributed by atoms with Crippen molar-refractivity contribution in [2.45, 2.75) is 18.7 Å². The fourth-order valence-electron chi connectivity index (χ4n) is 2.00. The first-order valence-electron chi connectivity index (χ1n) is 6.12. The number of anilines is 1. The van der Waals surface area contributed by atoms with E-state index in [1.807, 2.05) is 18.0 Å². The summed E-state index contributed by atoms with van der Waals surface area (Å²) in [6.45, 7) is 3.20. The average molecular weight is 309 g/mol. The van der Waals surface area contributed by atoms with E-state index in [2.05, 4.69) is 4.98 Å². The maximum Gasteiger partial charge on any atom is 0.325 e. The molecule has 0 spiro atoms. The summed E-state index contributed by atoms with van der Waals surface area (Å²) in [5.74, 6) is 0. The van der Waals surface area contributed by atoms with Crippen LogP contribution in [-0.4, -0.2) is 25.4 Å². The molecule has 112 valence electrons. The van der Waals surface area contributed by atoms with Crippen LogP contribution >= 0.6 is 0 Å². The van der Waals surface area contributed by atoms with Crippen LogP contribution in [0.4, 0.5) is 5.69 Å². The molecule has 2 N–H and O–H groups in total. The third-order valence-corrected chi connectivity index (χ3v) is 5.00. The topological polar surface area (TPSA) is 103 Å². The largest absolute Gasteiger partial charge is 0.325 e. The van der Waals surface area contributed by atoms with Crippen LogP contribution in [0.2, 0.25) is 0 Å². The number of nitrogens with zero attached hydrogens (tertiary/aromatic N) is 1. The Balaban J connectivity index is 2.63. The third-order valence-electron chi connectivity index (χ3n) is 3.06. The fraction of sp³-hybridized carbons (Fsp3) is 0.231. The standard InChI is InChI=1S/C13H15N3O4S/c1-8-5-4-6-10(7-8)16(3)21(19,20)11-9(2)14-13(18)15-12(11)17/h4-7H,1-3H3,(H2,14,15,17,18). The van der Waals surface area contributed by atoms with Gasteiger partial charge >= 0.3 is 5.69 Å². The van der Waals surface area contributed by atoms with Crippen LogP contribution < -0.4 is 15.6 Å². The highest BCUT2D eigenvalue weighted by Crippen LogP contribution is 2.21. The minimum Gasteiger partial charge on any atom is -0.310 e. The van der Waals surface area contributed by atoms with Gasteiger partial charge in [0.1, 0.15) is 0 Å². The summed E-state index contributed by atoms with van der Waals surface area (Å²) in [5, 5.41) is 0. The molecule has 2 aromatic rings. The number of H-pyrrole nitrogens is 2. The highest BCUT2D eigenvalue weighted by molar-refractivity contribution is 7.92. The van der Waals surface area contributed by atoms with Crippen molar-refractivity contribution < 1.29 is 8.42 Å². The lowest BCUT2D eigenvalue weighted by Crippen LogP contribution is -2.36. The van der Waals surface area contributed by atoms with Gasteiger partial charge < -0.3 is 4.98 Å². The molecule has 0 unspecified atom stereocenters. The number of aromatic amines is 2. The second kappa shape index (κ2) is 5.21. The second-order valence-corrected chi connectivity index (χ2v) is 6.58. The number of rotatable bonds is 3. The van der Waals surface area contributed by atoms with Crippen LogP contribution in [-0.2, 0) is 10.0 Å². The quantitative estimate of drug-likeness (QED) is 0.862. The second-order valence-electron chi connectivity index (χ2n) is 4.67. The number of hydrogen-bond acceptors (Lipinski definition) is 4. The summed E-state index contributed by atoms with van der Waals surface area (Å²) in [6, 6.07) is 6.87. The smallest absolute Gasteiger partial charge is 0.310 e. The van der Waals surface area contributed by atoms with Crippen molar-refractivity contribution in [2.75, 3.05) is 11.4 Å². The Hall–Kier alpha value is -2.35. The summed E-state index contributed by atoms with van der Waals surface area (Å²) in [5.41, 5.74) is -0.352. The van der Waals surface area contributed by atoms with E-state index >= 15 is 0 Å². The van der Waals surface area contributed by atoms with Crippen molar-refractivity contribution in [3.05, 3.63) is 56.4 Å². The third kappa shape index (κ3) is 2.75. The fourth-order valence-corrected chi connectivity index (χ4v) is 3.39. The molecule has 0 fully saturated rings. The van der Waals surface area contributed by atoms with Crippen molar-refractivity contribution in [3.63, 3.8) is 0 Å². The highest BCUT2D eigenvalue weighted by atomic mass is 32.2. The molecule has 2 rings (SSSR count). The summed E-state index contributed by atoms with van der Waals surface area (Å²) >= 11 is 0. The molecule has 0 bridgehead atoms. The molecule has 0 aliphatic heterocycles. The Morgan fingerprint density at radius 1 is 1.10 bits per heavy atom. The van der Waals surface area contributed by atoms with Gasteiger partial charge in [0.2, 0.25) is 0 Å². The number of sulfonamides is 1. The number of aromatic nitrogens is 2.